The number of hydrogen-bond donors (Lipinski definition) is 0. The second kappa shape index (κ2) is 5.61. The van der Waals surface area contributed by atoms with Crippen molar-refractivity contribution in [2.45, 2.75) is 6.54 Å². The topological polar surface area (TPSA) is 59.1 Å². The number of benzene rings is 1. The van der Waals surface area contributed by atoms with Gasteiger partial charge in [-0.15, -0.1) is 0 Å². The molecule has 2 amide bonds. The number of rotatable bonds is 4. The van der Waals surface area contributed by atoms with Crippen LogP contribution in [0.15, 0.2) is 18.2 Å². The van der Waals surface area contributed by atoms with Crippen LogP contribution in [0.1, 0.15) is 5.56 Å². The number of imide groups is 1. The van der Waals surface area contributed by atoms with Gasteiger partial charge in [0.2, 0.25) is 11.8 Å². The van der Waals surface area contributed by atoms with E-state index < -0.39 is 0 Å². The summed E-state index contributed by atoms with van der Waals surface area (Å²) in [4.78, 5) is 27.5. The number of ether oxygens (including phenoxy) is 2. The second-order valence-corrected chi connectivity index (χ2v) is 5.82. The van der Waals surface area contributed by atoms with Crippen molar-refractivity contribution < 1.29 is 19.1 Å². The average molecular weight is 304 g/mol. The molecule has 2 fully saturated rings. The van der Waals surface area contributed by atoms with E-state index in [4.69, 9.17) is 9.47 Å². The minimum Gasteiger partial charge on any atom is -0.497 e. The van der Waals surface area contributed by atoms with Crippen LogP contribution in [0.4, 0.5) is 0 Å². The third-order valence-corrected chi connectivity index (χ3v) is 4.57. The molecule has 0 aliphatic carbocycles. The highest BCUT2D eigenvalue weighted by Gasteiger charge is 2.50. The third kappa shape index (κ3) is 2.33. The zero-order chi connectivity index (χ0) is 15.9. The molecule has 118 valence electrons. The molecule has 0 spiro atoms. The number of hydrogen-bond acceptors (Lipinski definition) is 5. The highest BCUT2D eigenvalue weighted by Crippen LogP contribution is 2.34. The summed E-state index contributed by atoms with van der Waals surface area (Å²) in [6.45, 7) is 1.86. The van der Waals surface area contributed by atoms with Gasteiger partial charge in [-0.3, -0.25) is 19.4 Å². The Morgan fingerprint density at radius 2 is 1.73 bits per heavy atom. The molecule has 0 unspecified atom stereocenters. The van der Waals surface area contributed by atoms with Crippen LogP contribution in [0.25, 0.3) is 0 Å². The number of nitrogens with zero attached hydrogens (tertiary/aromatic N) is 2. The Balaban J connectivity index is 1.76. The summed E-state index contributed by atoms with van der Waals surface area (Å²) >= 11 is 0. The Labute approximate surface area is 129 Å². The first-order valence-electron chi connectivity index (χ1n) is 7.29. The summed E-state index contributed by atoms with van der Waals surface area (Å²) < 4.78 is 10.6. The predicted octanol–water partition coefficient (Wildman–Crippen LogP) is 0.750. The molecule has 2 heterocycles. The number of likely N-dealkylation sites (tertiary alicyclic amines) is 2. The predicted molar refractivity (Wildman–Crippen MR) is 79.6 cm³/mol. The molecule has 2 aliphatic rings. The molecule has 0 N–H and O–H groups in total. The summed E-state index contributed by atoms with van der Waals surface area (Å²) in [5, 5.41) is 0. The minimum atomic E-state index is -0.200. The molecule has 6 nitrogen and oxygen atoms in total. The Hall–Kier alpha value is -2.08. The minimum absolute atomic E-state index is 0.0601. The van der Waals surface area contributed by atoms with Crippen LogP contribution < -0.4 is 9.47 Å². The van der Waals surface area contributed by atoms with E-state index in [-0.39, 0.29) is 23.7 Å². The fourth-order valence-electron chi connectivity index (χ4n) is 3.37. The van der Waals surface area contributed by atoms with E-state index in [0.29, 0.717) is 19.6 Å². The number of amides is 2. The van der Waals surface area contributed by atoms with Gasteiger partial charge in [0.05, 0.1) is 26.1 Å². The van der Waals surface area contributed by atoms with Crippen LogP contribution in [0.2, 0.25) is 0 Å². The normalized spacial score (nSPS) is 24.8. The van der Waals surface area contributed by atoms with Crippen molar-refractivity contribution in [2.75, 3.05) is 34.4 Å². The summed E-state index contributed by atoms with van der Waals surface area (Å²) in [7, 11) is 4.82. The number of carbonyl (C=O) groups excluding carboxylic acids is 2. The SMILES string of the molecule is COc1ccc(OC)c(CN2C[C@@H]3C(=O)N(C)C(=O)[C@@H]3C2)c1. The van der Waals surface area contributed by atoms with Gasteiger partial charge < -0.3 is 9.47 Å². The van der Waals surface area contributed by atoms with Crippen molar-refractivity contribution in [2.24, 2.45) is 11.8 Å². The van der Waals surface area contributed by atoms with Crippen LogP contribution >= 0.6 is 0 Å². The molecule has 1 aromatic rings. The lowest BCUT2D eigenvalue weighted by Crippen LogP contribution is -2.33. The summed E-state index contributed by atoms with van der Waals surface area (Å²) in [5.74, 6) is 1.03. The maximum absolute atomic E-state index is 12.1. The van der Waals surface area contributed by atoms with Crippen molar-refractivity contribution in [1.29, 1.82) is 0 Å². The Morgan fingerprint density at radius 1 is 1.09 bits per heavy atom. The van der Waals surface area contributed by atoms with Gasteiger partial charge in [-0.2, -0.15) is 0 Å². The summed E-state index contributed by atoms with van der Waals surface area (Å²) in [6.07, 6.45) is 0. The molecule has 0 aromatic heterocycles. The largest absolute Gasteiger partial charge is 0.497 e. The fourth-order valence-corrected chi connectivity index (χ4v) is 3.37. The summed E-state index contributed by atoms with van der Waals surface area (Å²) in [5.41, 5.74) is 0.995. The molecule has 2 atom stereocenters. The van der Waals surface area contributed by atoms with Gasteiger partial charge >= 0.3 is 0 Å². The van der Waals surface area contributed by atoms with E-state index in [2.05, 4.69) is 4.90 Å². The van der Waals surface area contributed by atoms with Crippen molar-refractivity contribution in [3.05, 3.63) is 23.8 Å². The molecule has 2 saturated heterocycles. The first kappa shape index (κ1) is 14.8. The third-order valence-electron chi connectivity index (χ3n) is 4.57. The molecule has 0 radical (unpaired) electrons. The Kier molecular flexibility index (Phi) is 3.78. The van der Waals surface area contributed by atoms with Gasteiger partial charge in [0.15, 0.2) is 0 Å². The highest BCUT2D eigenvalue weighted by molar-refractivity contribution is 6.05. The van der Waals surface area contributed by atoms with Crippen LogP contribution in [0, 0.1) is 11.8 Å². The molecule has 2 aliphatic heterocycles. The van der Waals surface area contributed by atoms with Crippen molar-refractivity contribution in [1.82, 2.24) is 9.80 Å². The average Bonchev–Trinajstić information content (AvgIpc) is 3.03. The standard InChI is InChI=1S/C16H20N2O4/c1-17-15(19)12-8-18(9-13(12)16(17)20)7-10-6-11(21-2)4-5-14(10)22-3/h4-6,12-13H,7-9H2,1-3H3/t12-,13+. The lowest BCUT2D eigenvalue weighted by molar-refractivity contribution is -0.138. The van der Waals surface area contributed by atoms with E-state index in [1.807, 2.05) is 18.2 Å². The van der Waals surface area contributed by atoms with Crippen molar-refractivity contribution in [3.8, 4) is 11.5 Å². The lowest BCUT2D eigenvalue weighted by atomic mass is 10.00. The maximum atomic E-state index is 12.1. The number of methoxy groups -OCH3 is 2. The van der Waals surface area contributed by atoms with Gasteiger partial charge in [0.1, 0.15) is 11.5 Å². The zero-order valence-corrected chi connectivity index (χ0v) is 13.0. The van der Waals surface area contributed by atoms with Crippen LogP contribution in [-0.4, -0.2) is 56.0 Å². The number of carbonyl (C=O) groups is 2. The lowest BCUT2D eigenvalue weighted by Gasteiger charge is -2.20. The molecule has 0 bridgehead atoms. The number of fused-ring (bicyclic) bond motifs is 1. The first-order chi connectivity index (χ1) is 10.5. The van der Waals surface area contributed by atoms with Gasteiger partial charge in [0.25, 0.3) is 0 Å². The van der Waals surface area contributed by atoms with E-state index in [1.54, 1.807) is 21.3 Å². The van der Waals surface area contributed by atoms with Gasteiger partial charge in [-0.1, -0.05) is 0 Å². The van der Waals surface area contributed by atoms with Crippen LogP contribution in [0.3, 0.4) is 0 Å². The molecule has 22 heavy (non-hydrogen) atoms. The quantitative estimate of drug-likeness (QED) is 0.768. The molecule has 3 rings (SSSR count). The molecular formula is C16H20N2O4. The summed E-state index contributed by atoms with van der Waals surface area (Å²) in [6, 6.07) is 5.65. The van der Waals surface area contributed by atoms with Crippen LogP contribution in [0.5, 0.6) is 11.5 Å². The van der Waals surface area contributed by atoms with E-state index in [0.717, 1.165) is 17.1 Å². The fraction of sp³-hybridized carbons (Fsp3) is 0.500. The second-order valence-electron chi connectivity index (χ2n) is 5.82. The molecule has 0 saturated carbocycles. The van der Waals surface area contributed by atoms with E-state index >= 15 is 0 Å². The highest BCUT2D eigenvalue weighted by atomic mass is 16.5. The maximum Gasteiger partial charge on any atom is 0.234 e. The van der Waals surface area contributed by atoms with E-state index in [1.165, 1.54) is 4.90 Å². The van der Waals surface area contributed by atoms with E-state index in [9.17, 15) is 9.59 Å². The first-order valence-corrected chi connectivity index (χ1v) is 7.29. The van der Waals surface area contributed by atoms with Gasteiger partial charge in [0, 0.05) is 32.2 Å². The van der Waals surface area contributed by atoms with Crippen molar-refractivity contribution in [3.63, 3.8) is 0 Å². The Bertz CT molecular complexity index is 592. The van der Waals surface area contributed by atoms with Gasteiger partial charge in [-0.05, 0) is 18.2 Å². The zero-order valence-electron chi connectivity index (χ0n) is 13.0. The van der Waals surface area contributed by atoms with Crippen molar-refractivity contribution >= 4 is 11.8 Å². The van der Waals surface area contributed by atoms with Crippen LogP contribution in [-0.2, 0) is 16.1 Å². The molecular weight excluding hydrogens is 284 g/mol. The Morgan fingerprint density at radius 3 is 2.27 bits per heavy atom. The van der Waals surface area contributed by atoms with Gasteiger partial charge in [-0.25, -0.2) is 0 Å². The molecule has 6 heteroatoms. The monoisotopic (exact) mass is 304 g/mol. The smallest absolute Gasteiger partial charge is 0.234 e. The molecule has 1 aromatic carbocycles.